The molecule has 0 aliphatic rings. The molecule has 3 rings (SSSR count). The highest BCUT2D eigenvalue weighted by atomic mass is 19.1. The van der Waals surface area contributed by atoms with Crippen LogP contribution >= 0.6 is 0 Å². The van der Waals surface area contributed by atoms with Crippen LogP contribution in [0.5, 0.6) is 5.88 Å². The molecule has 122 valence electrons. The summed E-state index contributed by atoms with van der Waals surface area (Å²) >= 11 is 0. The molecule has 2 aromatic heterocycles. The maximum absolute atomic E-state index is 13.2. The van der Waals surface area contributed by atoms with Gasteiger partial charge in [0.25, 0.3) is 5.82 Å². The van der Waals surface area contributed by atoms with Crippen molar-refractivity contribution in [2.45, 2.75) is 0 Å². The first-order valence-corrected chi connectivity index (χ1v) is 6.94. The van der Waals surface area contributed by atoms with Crippen LogP contribution in [0.15, 0.2) is 42.6 Å². The van der Waals surface area contributed by atoms with Crippen LogP contribution in [0.1, 0.15) is 10.6 Å². The van der Waals surface area contributed by atoms with E-state index < -0.39 is 5.97 Å². The molecule has 1 aromatic carbocycles. The van der Waals surface area contributed by atoms with Gasteiger partial charge in [-0.05, 0) is 30.3 Å². The van der Waals surface area contributed by atoms with Crippen molar-refractivity contribution in [3.05, 3.63) is 54.2 Å². The number of pyridine rings is 1. The molecule has 0 fully saturated rings. The monoisotopic (exact) mass is 328 g/mol. The molecule has 0 aliphatic carbocycles. The second-order valence-electron chi connectivity index (χ2n) is 4.73. The first-order chi connectivity index (χ1) is 11.6. The predicted octanol–water partition coefficient (Wildman–Crippen LogP) is 2.26. The highest BCUT2D eigenvalue weighted by Gasteiger charge is 2.19. The van der Waals surface area contributed by atoms with Crippen molar-refractivity contribution in [2.24, 2.45) is 0 Å². The smallest absolute Gasteiger partial charge is 0.377 e. The Morgan fingerprint density at radius 1 is 1.12 bits per heavy atom. The number of carbonyl (C=O) groups is 1. The van der Waals surface area contributed by atoms with Crippen LogP contribution in [-0.4, -0.2) is 39.9 Å². The molecule has 0 saturated heterocycles. The van der Waals surface area contributed by atoms with Crippen molar-refractivity contribution in [1.82, 2.24) is 19.7 Å². The van der Waals surface area contributed by atoms with Crippen molar-refractivity contribution in [2.75, 3.05) is 14.2 Å². The van der Waals surface area contributed by atoms with Gasteiger partial charge in [0.05, 0.1) is 26.1 Å². The lowest BCUT2D eigenvalue weighted by Crippen LogP contribution is -2.05. The number of esters is 1. The highest BCUT2D eigenvalue weighted by Crippen LogP contribution is 2.22. The molecule has 0 bridgehead atoms. The maximum Gasteiger partial charge on any atom is 0.377 e. The third-order valence-electron chi connectivity index (χ3n) is 3.25. The van der Waals surface area contributed by atoms with Gasteiger partial charge in [0.1, 0.15) is 5.82 Å². The molecule has 0 unspecified atom stereocenters. The van der Waals surface area contributed by atoms with E-state index in [4.69, 9.17) is 4.74 Å². The van der Waals surface area contributed by atoms with E-state index in [1.54, 1.807) is 24.3 Å². The first kappa shape index (κ1) is 15.6. The molecule has 0 radical (unpaired) electrons. The molecule has 0 N–H and O–H groups in total. The van der Waals surface area contributed by atoms with E-state index in [2.05, 4.69) is 19.8 Å². The summed E-state index contributed by atoms with van der Waals surface area (Å²) in [6.45, 7) is 0. The number of halogens is 1. The van der Waals surface area contributed by atoms with Gasteiger partial charge in [0.15, 0.2) is 5.82 Å². The van der Waals surface area contributed by atoms with Crippen LogP contribution in [0.25, 0.3) is 17.1 Å². The fourth-order valence-electron chi connectivity index (χ4n) is 2.07. The predicted molar refractivity (Wildman–Crippen MR) is 82.4 cm³/mol. The van der Waals surface area contributed by atoms with Gasteiger partial charge >= 0.3 is 5.97 Å². The van der Waals surface area contributed by atoms with E-state index in [1.165, 1.54) is 37.2 Å². The minimum Gasteiger partial charge on any atom is -0.481 e. The zero-order valence-electron chi connectivity index (χ0n) is 12.9. The fraction of sp³-hybridized carbons (Fsp3) is 0.125. The third kappa shape index (κ3) is 2.94. The van der Waals surface area contributed by atoms with Gasteiger partial charge in [0.2, 0.25) is 5.88 Å². The van der Waals surface area contributed by atoms with Crippen molar-refractivity contribution in [1.29, 1.82) is 0 Å². The van der Waals surface area contributed by atoms with Gasteiger partial charge < -0.3 is 9.47 Å². The summed E-state index contributed by atoms with van der Waals surface area (Å²) in [7, 11) is 2.76. The highest BCUT2D eigenvalue weighted by molar-refractivity contribution is 5.85. The Hall–Kier alpha value is -3.29. The topological polar surface area (TPSA) is 79.1 Å². The molecule has 0 atom stereocenters. The van der Waals surface area contributed by atoms with E-state index in [0.29, 0.717) is 23.0 Å². The van der Waals surface area contributed by atoms with Crippen LogP contribution in [0.2, 0.25) is 0 Å². The number of rotatable bonds is 4. The molecule has 8 heteroatoms. The number of benzene rings is 1. The molecule has 0 amide bonds. The molecule has 0 aliphatic heterocycles. The Kier molecular flexibility index (Phi) is 4.19. The fourth-order valence-corrected chi connectivity index (χ4v) is 2.07. The molecular formula is C16H13FN4O3. The van der Waals surface area contributed by atoms with E-state index in [1.807, 2.05) is 0 Å². The zero-order chi connectivity index (χ0) is 17.1. The Labute approximate surface area is 136 Å². The van der Waals surface area contributed by atoms with Crippen molar-refractivity contribution in [3.8, 4) is 23.0 Å². The summed E-state index contributed by atoms with van der Waals surface area (Å²) in [6.07, 6.45) is 1.53. The lowest BCUT2D eigenvalue weighted by Gasteiger charge is -2.06. The normalized spacial score (nSPS) is 10.5. The minimum atomic E-state index is -0.668. The molecule has 0 spiro atoms. The van der Waals surface area contributed by atoms with E-state index >= 15 is 0 Å². The summed E-state index contributed by atoms with van der Waals surface area (Å²) in [5.74, 6) is -0.340. The number of ether oxygens (including phenoxy) is 2. The van der Waals surface area contributed by atoms with Gasteiger partial charge in [-0.2, -0.15) is 0 Å². The van der Waals surface area contributed by atoms with Crippen LogP contribution in [0.4, 0.5) is 4.39 Å². The lowest BCUT2D eigenvalue weighted by atomic mass is 10.2. The molecule has 3 aromatic rings. The van der Waals surface area contributed by atoms with Gasteiger partial charge in [-0.25, -0.2) is 23.8 Å². The lowest BCUT2D eigenvalue weighted by molar-refractivity contribution is 0.0587. The Bertz CT molecular complexity index is 860. The largest absolute Gasteiger partial charge is 0.481 e. The Balaban J connectivity index is 2.13. The van der Waals surface area contributed by atoms with Crippen molar-refractivity contribution in [3.63, 3.8) is 0 Å². The number of methoxy groups -OCH3 is 2. The van der Waals surface area contributed by atoms with Gasteiger partial charge in [-0.3, -0.25) is 0 Å². The van der Waals surface area contributed by atoms with Gasteiger partial charge in [0, 0.05) is 11.6 Å². The zero-order valence-corrected chi connectivity index (χ0v) is 12.9. The number of carbonyl (C=O) groups excluding carboxylic acids is 1. The quantitative estimate of drug-likeness (QED) is 0.684. The summed E-state index contributed by atoms with van der Waals surface area (Å²) < 4.78 is 24.3. The molecule has 0 saturated carbocycles. The van der Waals surface area contributed by atoms with Crippen molar-refractivity contribution < 1.29 is 18.7 Å². The number of hydrogen-bond acceptors (Lipinski definition) is 6. The van der Waals surface area contributed by atoms with E-state index in [9.17, 15) is 9.18 Å². The SMILES string of the molecule is COC(=O)c1nc(-c2ccc(F)cc2)n(-c2ccc(OC)nc2)n1. The van der Waals surface area contributed by atoms with Gasteiger partial charge in [-0.1, -0.05) is 0 Å². The molecule has 7 nitrogen and oxygen atoms in total. The third-order valence-corrected chi connectivity index (χ3v) is 3.25. The first-order valence-electron chi connectivity index (χ1n) is 6.94. The Morgan fingerprint density at radius 2 is 1.88 bits per heavy atom. The maximum atomic E-state index is 13.2. The summed E-state index contributed by atoms with van der Waals surface area (Å²) in [5, 5.41) is 4.16. The minimum absolute atomic E-state index is 0.104. The van der Waals surface area contributed by atoms with Crippen LogP contribution < -0.4 is 4.74 Å². The average Bonchev–Trinajstić information content (AvgIpc) is 3.07. The molecular weight excluding hydrogens is 315 g/mol. The van der Waals surface area contributed by atoms with Crippen LogP contribution in [0, 0.1) is 5.82 Å². The number of nitrogens with zero attached hydrogens (tertiary/aromatic N) is 4. The molecule has 24 heavy (non-hydrogen) atoms. The summed E-state index contributed by atoms with van der Waals surface area (Å²) in [4.78, 5) is 20.0. The molecule has 2 heterocycles. The second kappa shape index (κ2) is 6.45. The van der Waals surface area contributed by atoms with Crippen molar-refractivity contribution >= 4 is 5.97 Å². The Morgan fingerprint density at radius 3 is 2.46 bits per heavy atom. The summed E-state index contributed by atoms with van der Waals surface area (Å²) in [5.41, 5.74) is 1.16. The number of hydrogen-bond donors (Lipinski definition) is 0. The average molecular weight is 328 g/mol. The van der Waals surface area contributed by atoms with Gasteiger partial charge in [-0.15, -0.1) is 5.10 Å². The number of aromatic nitrogens is 4. The summed E-state index contributed by atoms with van der Waals surface area (Å²) in [6, 6.07) is 9.08. The van der Waals surface area contributed by atoms with Crippen LogP contribution in [-0.2, 0) is 4.74 Å². The van der Waals surface area contributed by atoms with Crippen LogP contribution in [0.3, 0.4) is 0 Å². The standard InChI is InChI=1S/C16H13FN4O3/c1-23-13-8-7-12(9-18-13)21-15(10-3-5-11(17)6-4-10)19-14(20-21)16(22)24-2/h3-9H,1-2H3. The second-order valence-corrected chi connectivity index (χ2v) is 4.73. The van der Waals surface area contributed by atoms with E-state index in [0.717, 1.165) is 0 Å². The van der Waals surface area contributed by atoms with E-state index in [-0.39, 0.29) is 11.6 Å².